The van der Waals surface area contributed by atoms with E-state index in [1.165, 1.54) is 12.1 Å². The van der Waals surface area contributed by atoms with Crippen LogP contribution in [0.2, 0.25) is 5.15 Å². The number of amides is 1. The lowest BCUT2D eigenvalue weighted by Gasteiger charge is -2.20. The van der Waals surface area contributed by atoms with Crippen LogP contribution in [-0.4, -0.2) is 25.6 Å². The predicted molar refractivity (Wildman–Crippen MR) is 149 cm³/mol. The fraction of sp³-hybridized carbons (Fsp3) is 0.160. The second kappa shape index (κ2) is 10.2. The maximum atomic E-state index is 13.3. The number of aryl methyl sites for hydroxylation is 1. The topological polar surface area (TPSA) is 118 Å². The van der Waals surface area contributed by atoms with Crippen molar-refractivity contribution in [1.82, 2.24) is 9.71 Å². The van der Waals surface area contributed by atoms with Crippen LogP contribution in [0.25, 0.3) is 22.3 Å². The van der Waals surface area contributed by atoms with Crippen molar-refractivity contribution in [3.63, 3.8) is 0 Å². The highest BCUT2D eigenvalue weighted by molar-refractivity contribution is 14.1. The van der Waals surface area contributed by atoms with Gasteiger partial charge in [0.2, 0.25) is 15.5 Å². The van der Waals surface area contributed by atoms with Gasteiger partial charge in [0, 0.05) is 11.1 Å². The number of hydrogen-bond donors (Lipinski definition) is 2. The van der Waals surface area contributed by atoms with Crippen LogP contribution in [0.3, 0.4) is 0 Å². The van der Waals surface area contributed by atoms with Gasteiger partial charge in [0.15, 0.2) is 11.5 Å². The monoisotopic (exact) mass is 637 g/mol. The number of pyridine rings is 1. The molecule has 2 aromatic heterocycles. The number of anilines is 1. The molecule has 0 spiro atoms. The smallest absolute Gasteiger partial charge is 0.285 e. The molecule has 1 amide bonds. The van der Waals surface area contributed by atoms with Crippen molar-refractivity contribution < 1.29 is 17.6 Å². The van der Waals surface area contributed by atoms with Crippen LogP contribution in [0.4, 0.5) is 5.69 Å². The molecule has 0 aliphatic heterocycles. The van der Waals surface area contributed by atoms with Crippen molar-refractivity contribution in [3.05, 3.63) is 90.4 Å². The first kappa shape index (κ1) is 26.1. The van der Waals surface area contributed by atoms with Crippen molar-refractivity contribution in [2.24, 2.45) is 0 Å². The number of carbonyl (C=O) groups excluding carboxylic acids is 1. The fourth-order valence-corrected chi connectivity index (χ4v) is 5.09. The number of nitrogens with zero attached hydrogens (tertiary/aromatic N) is 1. The number of halogens is 2. The normalized spacial score (nSPS) is 12.4. The van der Waals surface area contributed by atoms with Crippen molar-refractivity contribution in [3.8, 4) is 11.3 Å². The molecule has 186 valence electrons. The minimum Gasteiger partial charge on any atom is -0.454 e. The van der Waals surface area contributed by atoms with E-state index in [-0.39, 0.29) is 22.0 Å². The van der Waals surface area contributed by atoms with Gasteiger partial charge in [-0.3, -0.25) is 9.59 Å². The first-order valence-electron chi connectivity index (χ1n) is 10.7. The molecule has 1 atom stereocenters. The molecule has 2 heterocycles. The molecule has 36 heavy (non-hydrogen) atoms. The first-order valence-corrected chi connectivity index (χ1v) is 14.1. The molecular weight excluding hydrogens is 617 g/mol. The maximum Gasteiger partial charge on any atom is 0.285 e. The molecule has 0 radical (unpaired) electrons. The predicted octanol–water partition coefficient (Wildman–Crippen LogP) is 5.28. The van der Waals surface area contributed by atoms with E-state index in [4.69, 9.17) is 16.0 Å². The zero-order valence-corrected chi connectivity index (χ0v) is 23.2. The summed E-state index contributed by atoms with van der Waals surface area (Å²) in [4.78, 5) is 29.9. The number of fused-ring (bicyclic) bond motifs is 1. The third-order valence-corrected chi connectivity index (χ3v) is 7.08. The van der Waals surface area contributed by atoms with Crippen molar-refractivity contribution in [2.45, 2.75) is 19.9 Å². The Hall–Kier alpha value is -2.96. The van der Waals surface area contributed by atoms with E-state index in [9.17, 15) is 18.0 Å². The van der Waals surface area contributed by atoms with Crippen molar-refractivity contribution >= 4 is 66.8 Å². The Bertz CT molecular complexity index is 1660. The third-order valence-electron chi connectivity index (χ3n) is 5.34. The molecule has 8 nitrogen and oxygen atoms in total. The van der Waals surface area contributed by atoms with Gasteiger partial charge in [-0.05, 0) is 60.2 Å². The van der Waals surface area contributed by atoms with E-state index in [1.807, 2.05) is 77.6 Å². The molecule has 1 unspecified atom stereocenters. The Morgan fingerprint density at radius 1 is 1.14 bits per heavy atom. The van der Waals surface area contributed by atoms with Gasteiger partial charge < -0.3 is 9.73 Å². The highest BCUT2D eigenvalue weighted by atomic mass is 127. The van der Waals surface area contributed by atoms with Gasteiger partial charge in [-0.1, -0.05) is 48.0 Å². The molecule has 2 aromatic carbocycles. The summed E-state index contributed by atoms with van der Waals surface area (Å²) in [5, 5.41) is 3.66. The molecule has 0 aliphatic rings. The summed E-state index contributed by atoms with van der Waals surface area (Å²) in [5.41, 5.74) is 2.65. The van der Waals surface area contributed by atoms with Crippen LogP contribution in [0, 0.1) is 10.5 Å². The Morgan fingerprint density at radius 2 is 1.83 bits per heavy atom. The molecule has 0 saturated carbocycles. The minimum absolute atomic E-state index is 0.0286. The third kappa shape index (κ3) is 5.55. The number of carbonyl (C=O) groups is 1. The summed E-state index contributed by atoms with van der Waals surface area (Å²) in [6.45, 7) is 3.71. The highest BCUT2D eigenvalue weighted by Gasteiger charge is 2.22. The van der Waals surface area contributed by atoms with Crippen LogP contribution in [0.1, 0.15) is 34.6 Å². The van der Waals surface area contributed by atoms with Gasteiger partial charge in [0.1, 0.15) is 14.3 Å². The van der Waals surface area contributed by atoms with E-state index in [0.717, 1.165) is 17.4 Å². The molecule has 2 N–H and O–H groups in total. The van der Waals surface area contributed by atoms with Crippen molar-refractivity contribution in [2.75, 3.05) is 11.6 Å². The molecule has 4 rings (SSSR count). The van der Waals surface area contributed by atoms with E-state index in [0.29, 0.717) is 25.9 Å². The average molecular weight is 638 g/mol. The van der Waals surface area contributed by atoms with Crippen molar-refractivity contribution in [1.29, 1.82) is 0 Å². The van der Waals surface area contributed by atoms with Gasteiger partial charge in [0.25, 0.3) is 5.91 Å². The first-order chi connectivity index (χ1) is 16.9. The Labute approximate surface area is 226 Å². The van der Waals surface area contributed by atoms with Crippen LogP contribution >= 0.6 is 34.2 Å². The number of nitrogens with one attached hydrogen (secondary N) is 2. The Kier molecular flexibility index (Phi) is 7.39. The van der Waals surface area contributed by atoms with Gasteiger partial charge in [0.05, 0.1) is 23.4 Å². The molecular formula is C25H21ClIN3O5S. The van der Waals surface area contributed by atoms with Crippen LogP contribution < -0.4 is 15.5 Å². The number of rotatable bonds is 6. The van der Waals surface area contributed by atoms with Gasteiger partial charge in [-0.25, -0.2) is 18.1 Å². The lowest BCUT2D eigenvalue weighted by molar-refractivity contribution is 0.0977. The lowest BCUT2D eigenvalue weighted by atomic mass is 10.0. The van der Waals surface area contributed by atoms with E-state index < -0.39 is 22.0 Å². The number of benzene rings is 2. The molecule has 0 aliphatic carbocycles. The standard InChI is InChI=1S/C25H21ClIN3O5S/c1-13-11-16(14(2)28-18-9-10-19(26)29-21(18)25(32)30-36(3,33)34)24-17(12-13)22(31)20(27)23(35-24)15-7-5-4-6-8-15/h4-12,14,28H,1-3H3,(H,30,32). The summed E-state index contributed by atoms with van der Waals surface area (Å²) in [6, 6.07) is 15.6. The number of sulfonamides is 1. The molecule has 0 saturated heterocycles. The molecule has 11 heteroatoms. The average Bonchev–Trinajstić information content (AvgIpc) is 2.81. The lowest BCUT2D eigenvalue weighted by Crippen LogP contribution is -2.31. The van der Waals surface area contributed by atoms with E-state index >= 15 is 0 Å². The quantitative estimate of drug-likeness (QED) is 0.218. The zero-order valence-electron chi connectivity index (χ0n) is 19.4. The van der Waals surface area contributed by atoms with Gasteiger partial charge >= 0.3 is 0 Å². The largest absolute Gasteiger partial charge is 0.454 e. The molecule has 4 aromatic rings. The summed E-state index contributed by atoms with van der Waals surface area (Å²) >= 11 is 7.98. The number of hydrogen-bond acceptors (Lipinski definition) is 7. The Balaban J connectivity index is 1.83. The van der Waals surface area contributed by atoms with Crippen LogP contribution in [0.5, 0.6) is 0 Å². The minimum atomic E-state index is -3.82. The second-order valence-electron chi connectivity index (χ2n) is 8.27. The highest BCUT2D eigenvalue weighted by Crippen LogP contribution is 2.33. The van der Waals surface area contributed by atoms with Gasteiger partial charge in [-0.2, -0.15) is 0 Å². The molecule has 0 bridgehead atoms. The van der Waals surface area contributed by atoms with Crippen LogP contribution in [0.15, 0.2) is 63.8 Å². The Morgan fingerprint density at radius 3 is 2.50 bits per heavy atom. The molecule has 0 fully saturated rings. The van der Waals surface area contributed by atoms with E-state index in [1.54, 1.807) is 6.07 Å². The second-order valence-corrected chi connectivity index (χ2v) is 11.5. The SMILES string of the molecule is Cc1cc(C(C)Nc2ccc(Cl)nc2C(=O)NS(C)(=O)=O)c2oc(-c3ccccc3)c(I)c(=O)c2c1. The fourth-order valence-electron chi connectivity index (χ4n) is 3.80. The zero-order chi connectivity index (χ0) is 26.2. The summed E-state index contributed by atoms with van der Waals surface area (Å²) < 4.78 is 31.9. The summed E-state index contributed by atoms with van der Waals surface area (Å²) in [5.74, 6) is -0.455. The summed E-state index contributed by atoms with van der Waals surface area (Å²) in [7, 11) is -3.82. The summed E-state index contributed by atoms with van der Waals surface area (Å²) in [6.07, 6.45) is 0.873. The van der Waals surface area contributed by atoms with Gasteiger partial charge in [-0.15, -0.1) is 0 Å². The number of aromatic nitrogens is 1. The van der Waals surface area contributed by atoms with Crippen LogP contribution in [-0.2, 0) is 10.0 Å². The van der Waals surface area contributed by atoms with E-state index in [2.05, 4.69) is 10.3 Å². The maximum absolute atomic E-state index is 13.3.